The van der Waals surface area contributed by atoms with Gasteiger partial charge < -0.3 is 26.8 Å². The zero-order valence-electron chi connectivity index (χ0n) is 8.24. The van der Waals surface area contributed by atoms with Gasteiger partial charge in [0.2, 0.25) is 0 Å². The molecular weight excluding hydrogens is 204 g/mol. The van der Waals surface area contributed by atoms with Crippen molar-refractivity contribution < 1.29 is 19.5 Å². The zero-order valence-corrected chi connectivity index (χ0v) is 8.24. The molecule has 0 aromatic carbocycles. The highest BCUT2D eigenvalue weighted by atomic mass is 16.4. The third-order valence-electron chi connectivity index (χ3n) is 1.43. The number of nitrogens with two attached hydrogens (primary N) is 1. The van der Waals surface area contributed by atoms with Crippen molar-refractivity contribution in [1.29, 1.82) is 0 Å². The summed E-state index contributed by atoms with van der Waals surface area (Å²) in [5.74, 6) is -1.12. The SMILES string of the molecule is C[C@H](NC(=O)NCCNC(N)=O)C(=O)O. The number of hydrogen-bond acceptors (Lipinski definition) is 3. The maximum Gasteiger partial charge on any atom is 0.325 e. The lowest BCUT2D eigenvalue weighted by Crippen LogP contribution is -2.46. The number of primary amides is 1. The molecule has 0 heterocycles. The molecule has 86 valence electrons. The van der Waals surface area contributed by atoms with Crippen molar-refractivity contribution in [3.63, 3.8) is 0 Å². The van der Waals surface area contributed by atoms with Crippen LogP contribution in [-0.2, 0) is 4.79 Å². The Hall–Kier alpha value is -1.99. The number of carboxylic acid groups (broad SMARTS) is 1. The van der Waals surface area contributed by atoms with Gasteiger partial charge in [-0.25, -0.2) is 9.59 Å². The number of urea groups is 2. The van der Waals surface area contributed by atoms with Crippen molar-refractivity contribution in [2.45, 2.75) is 13.0 Å². The van der Waals surface area contributed by atoms with Gasteiger partial charge >= 0.3 is 18.0 Å². The van der Waals surface area contributed by atoms with E-state index in [1.807, 2.05) is 0 Å². The first-order chi connectivity index (χ1) is 6.93. The highest BCUT2D eigenvalue weighted by Gasteiger charge is 2.12. The predicted molar refractivity (Wildman–Crippen MR) is 51.2 cm³/mol. The fourth-order valence-corrected chi connectivity index (χ4v) is 0.671. The van der Waals surface area contributed by atoms with Crippen molar-refractivity contribution >= 4 is 18.0 Å². The second kappa shape index (κ2) is 6.46. The van der Waals surface area contributed by atoms with Gasteiger partial charge in [0.25, 0.3) is 0 Å². The largest absolute Gasteiger partial charge is 0.480 e. The predicted octanol–water partition coefficient (Wildman–Crippen LogP) is -1.57. The van der Waals surface area contributed by atoms with Gasteiger partial charge in [0.1, 0.15) is 6.04 Å². The Morgan fingerprint density at radius 3 is 2.27 bits per heavy atom. The number of nitrogens with one attached hydrogen (secondary N) is 3. The number of hydrogen-bond donors (Lipinski definition) is 5. The van der Waals surface area contributed by atoms with E-state index in [-0.39, 0.29) is 13.1 Å². The molecule has 0 saturated heterocycles. The van der Waals surface area contributed by atoms with Crippen molar-refractivity contribution in [2.24, 2.45) is 5.73 Å². The quantitative estimate of drug-likeness (QED) is 0.356. The van der Waals surface area contributed by atoms with E-state index in [0.29, 0.717) is 0 Å². The first kappa shape index (κ1) is 13.0. The minimum atomic E-state index is -1.12. The van der Waals surface area contributed by atoms with Gasteiger partial charge in [0, 0.05) is 13.1 Å². The molecule has 0 aliphatic heterocycles. The molecule has 8 nitrogen and oxygen atoms in total. The summed E-state index contributed by atoms with van der Waals surface area (Å²) in [6.07, 6.45) is 0. The van der Waals surface area contributed by atoms with Gasteiger partial charge in [-0.1, -0.05) is 0 Å². The van der Waals surface area contributed by atoms with Crippen molar-refractivity contribution in [3.8, 4) is 0 Å². The zero-order chi connectivity index (χ0) is 11.8. The van der Waals surface area contributed by atoms with Crippen LogP contribution >= 0.6 is 0 Å². The summed E-state index contributed by atoms with van der Waals surface area (Å²) in [7, 11) is 0. The normalized spacial score (nSPS) is 11.3. The minimum Gasteiger partial charge on any atom is -0.480 e. The van der Waals surface area contributed by atoms with E-state index in [1.165, 1.54) is 6.92 Å². The topological polar surface area (TPSA) is 134 Å². The van der Waals surface area contributed by atoms with Crippen molar-refractivity contribution in [2.75, 3.05) is 13.1 Å². The molecule has 4 amide bonds. The lowest BCUT2D eigenvalue weighted by Gasteiger charge is -2.10. The van der Waals surface area contributed by atoms with E-state index in [4.69, 9.17) is 10.8 Å². The van der Waals surface area contributed by atoms with Crippen LogP contribution in [0.1, 0.15) is 6.92 Å². The van der Waals surface area contributed by atoms with Crippen molar-refractivity contribution in [1.82, 2.24) is 16.0 Å². The van der Waals surface area contributed by atoms with Crippen LogP contribution in [0.5, 0.6) is 0 Å². The number of carbonyl (C=O) groups is 3. The molecule has 0 rings (SSSR count). The highest BCUT2D eigenvalue weighted by molar-refractivity contribution is 5.82. The van der Waals surface area contributed by atoms with E-state index in [0.717, 1.165) is 0 Å². The van der Waals surface area contributed by atoms with Crippen LogP contribution in [-0.4, -0.2) is 42.3 Å². The lowest BCUT2D eigenvalue weighted by atomic mass is 10.3. The first-order valence-electron chi connectivity index (χ1n) is 4.24. The fraction of sp³-hybridized carbons (Fsp3) is 0.571. The monoisotopic (exact) mass is 218 g/mol. The summed E-state index contributed by atoms with van der Waals surface area (Å²) in [4.78, 5) is 31.5. The van der Waals surface area contributed by atoms with Crippen LogP contribution in [0.4, 0.5) is 9.59 Å². The maximum atomic E-state index is 11.0. The average Bonchev–Trinajstić information content (AvgIpc) is 2.12. The fourth-order valence-electron chi connectivity index (χ4n) is 0.671. The molecule has 8 heteroatoms. The molecule has 0 spiro atoms. The highest BCUT2D eigenvalue weighted by Crippen LogP contribution is 1.79. The molecule has 0 unspecified atom stereocenters. The molecule has 0 saturated carbocycles. The maximum absolute atomic E-state index is 11.0. The third-order valence-corrected chi connectivity index (χ3v) is 1.43. The second-order valence-electron chi connectivity index (χ2n) is 2.75. The van der Waals surface area contributed by atoms with Crippen molar-refractivity contribution in [3.05, 3.63) is 0 Å². The van der Waals surface area contributed by atoms with Crippen LogP contribution in [0.3, 0.4) is 0 Å². The molecule has 1 atom stereocenters. The third kappa shape index (κ3) is 7.11. The Morgan fingerprint density at radius 1 is 1.27 bits per heavy atom. The van der Waals surface area contributed by atoms with Crippen LogP contribution < -0.4 is 21.7 Å². The summed E-state index contributed by atoms with van der Waals surface area (Å²) in [5, 5.41) is 15.2. The average molecular weight is 218 g/mol. The molecule has 0 fully saturated rings. The van der Waals surface area contributed by atoms with E-state index in [1.54, 1.807) is 0 Å². The molecule has 0 aliphatic rings. The van der Waals surface area contributed by atoms with E-state index in [2.05, 4.69) is 16.0 Å². The Bertz CT molecular complexity index is 255. The number of aliphatic carboxylic acids is 1. The molecule has 0 bridgehead atoms. The molecule has 15 heavy (non-hydrogen) atoms. The number of carbonyl (C=O) groups excluding carboxylic acids is 2. The molecule has 0 aliphatic carbocycles. The van der Waals surface area contributed by atoms with Gasteiger partial charge in [0.15, 0.2) is 0 Å². The summed E-state index contributed by atoms with van der Waals surface area (Å²) in [5.41, 5.74) is 4.77. The Morgan fingerprint density at radius 2 is 1.80 bits per heavy atom. The van der Waals surface area contributed by atoms with Gasteiger partial charge in [-0.2, -0.15) is 0 Å². The van der Waals surface area contributed by atoms with Gasteiger partial charge in [-0.3, -0.25) is 4.79 Å². The second-order valence-corrected chi connectivity index (χ2v) is 2.75. The Balaban J connectivity index is 3.58. The first-order valence-corrected chi connectivity index (χ1v) is 4.24. The smallest absolute Gasteiger partial charge is 0.325 e. The van der Waals surface area contributed by atoms with Crippen LogP contribution in [0.2, 0.25) is 0 Å². The molecule has 6 N–H and O–H groups in total. The summed E-state index contributed by atoms with van der Waals surface area (Å²) in [6.45, 7) is 1.69. The number of carboxylic acids is 1. The summed E-state index contributed by atoms with van der Waals surface area (Å²) in [6, 6.07) is -2.26. The molecule has 0 aromatic rings. The lowest BCUT2D eigenvalue weighted by molar-refractivity contribution is -0.138. The number of rotatable bonds is 5. The molecule has 0 radical (unpaired) electrons. The minimum absolute atomic E-state index is 0.168. The standard InChI is InChI=1S/C7H14N4O4/c1-4(5(12)13)11-7(15)10-3-2-9-6(8)14/h4H,2-3H2,1H3,(H,12,13)(H3,8,9,14)(H2,10,11,15)/t4-/m0/s1. The Kier molecular flexibility index (Phi) is 5.60. The van der Waals surface area contributed by atoms with E-state index >= 15 is 0 Å². The molecular formula is C7H14N4O4. The number of amides is 4. The summed E-state index contributed by atoms with van der Waals surface area (Å²) >= 11 is 0. The van der Waals surface area contributed by atoms with Gasteiger partial charge in [-0.15, -0.1) is 0 Å². The summed E-state index contributed by atoms with van der Waals surface area (Å²) < 4.78 is 0. The van der Waals surface area contributed by atoms with Crippen LogP contribution in [0.15, 0.2) is 0 Å². The van der Waals surface area contributed by atoms with Gasteiger partial charge in [-0.05, 0) is 6.92 Å². The van der Waals surface area contributed by atoms with E-state index < -0.39 is 24.1 Å². The van der Waals surface area contributed by atoms with Crippen LogP contribution in [0.25, 0.3) is 0 Å². The molecule has 0 aromatic heterocycles. The van der Waals surface area contributed by atoms with Gasteiger partial charge in [0.05, 0.1) is 0 Å². The van der Waals surface area contributed by atoms with E-state index in [9.17, 15) is 14.4 Å². The van der Waals surface area contributed by atoms with Crippen LogP contribution in [0, 0.1) is 0 Å². The Labute approximate surface area is 86.2 Å².